The van der Waals surface area contributed by atoms with Crippen LogP contribution in [0.4, 0.5) is 0 Å². The number of benzene rings is 2. The highest BCUT2D eigenvalue weighted by molar-refractivity contribution is 5.41. The quantitative estimate of drug-likeness (QED) is 0.383. The Morgan fingerprint density at radius 2 is 0.793 bits per heavy atom. The summed E-state index contributed by atoms with van der Waals surface area (Å²) < 4.78 is 0. The SMILES string of the molecule is CC(C)Cc1ccc(Cc2ccc(CC(C)C)cc2CC(C)C)c(CC(C)C)c1. The van der Waals surface area contributed by atoms with Crippen molar-refractivity contribution in [2.45, 2.75) is 87.5 Å². The van der Waals surface area contributed by atoms with Gasteiger partial charge in [0.1, 0.15) is 0 Å². The minimum absolute atomic E-state index is 0.687. The lowest BCUT2D eigenvalue weighted by molar-refractivity contribution is 0.630. The second kappa shape index (κ2) is 11.0. The molecule has 2 rings (SSSR count). The molecule has 0 atom stereocenters. The number of hydrogen-bond donors (Lipinski definition) is 0. The summed E-state index contributed by atoms with van der Waals surface area (Å²) >= 11 is 0. The Morgan fingerprint density at radius 3 is 1.10 bits per heavy atom. The van der Waals surface area contributed by atoms with Crippen LogP contribution < -0.4 is 0 Å². The zero-order chi connectivity index (χ0) is 21.6. The fourth-order valence-electron chi connectivity index (χ4n) is 4.37. The lowest BCUT2D eigenvalue weighted by atomic mass is 9.87. The zero-order valence-corrected chi connectivity index (χ0v) is 20.3. The number of hydrogen-bond acceptors (Lipinski definition) is 0. The van der Waals surface area contributed by atoms with Crippen LogP contribution in [0.2, 0.25) is 0 Å². The van der Waals surface area contributed by atoms with Crippen LogP contribution in [0.5, 0.6) is 0 Å². The molecule has 0 heterocycles. The fraction of sp³-hybridized carbons (Fsp3) is 0.586. The van der Waals surface area contributed by atoms with Gasteiger partial charge in [0.25, 0.3) is 0 Å². The molecule has 0 N–H and O–H groups in total. The molecule has 2 aromatic rings. The molecule has 0 radical (unpaired) electrons. The van der Waals surface area contributed by atoms with Crippen molar-refractivity contribution < 1.29 is 0 Å². The van der Waals surface area contributed by atoms with Gasteiger partial charge in [-0.15, -0.1) is 0 Å². The van der Waals surface area contributed by atoms with Gasteiger partial charge in [-0.25, -0.2) is 0 Å². The molecule has 0 saturated heterocycles. The molecule has 0 aliphatic rings. The molecule has 0 fully saturated rings. The van der Waals surface area contributed by atoms with E-state index in [1.165, 1.54) is 47.9 Å². The molecule has 0 aliphatic heterocycles. The molecule has 0 nitrogen and oxygen atoms in total. The minimum atomic E-state index is 0.687. The summed E-state index contributed by atoms with van der Waals surface area (Å²) in [7, 11) is 0. The first-order valence-corrected chi connectivity index (χ1v) is 11.8. The Bertz CT molecular complexity index is 696. The van der Waals surface area contributed by atoms with Gasteiger partial charge in [0, 0.05) is 0 Å². The molecule has 0 amide bonds. The van der Waals surface area contributed by atoms with E-state index in [-0.39, 0.29) is 0 Å². The van der Waals surface area contributed by atoms with Crippen molar-refractivity contribution >= 4 is 0 Å². The van der Waals surface area contributed by atoms with E-state index >= 15 is 0 Å². The molecule has 2 aromatic carbocycles. The van der Waals surface area contributed by atoms with Crippen LogP contribution in [-0.4, -0.2) is 0 Å². The predicted molar refractivity (Wildman–Crippen MR) is 130 cm³/mol. The van der Waals surface area contributed by atoms with Gasteiger partial charge in [-0.1, -0.05) is 91.8 Å². The Hall–Kier alpha value is -1.56. The highest BCUT2D eigenvalue weighted by atomic mass is 14.2. The molecule has 0 heteroatoms. The predicted octanol–water partition coefficient (Wildman–Crippen LogP) is 8.07. The second-order valence-corrected chi connectivity index (χ2v) is 10.8. The van der Waals surface area contributed by atoms with E-state index < -0.39 is 0 Å². The van der Waals surface area contributed by atoms with Crippen LogP contribution in [0, 0.1) is 23.7 Å². The highest BCUT2D eigenvalue weighted by Crippen LogP contribution is 2.25. The van der Waals surface area contributed by atoms with E-state index in [0.717, 1.165) is 6.42 Å². The van der Waals surface area contributed by atoms with Gasteiger partial charge in [0.15, 0.2) is 0 Å². The van der Waals surface area contributed by atoms with Gasteiger partial charge in [-0.3, -0.25) is 0 Å². The van der Waals surface area contributed by atoms with E-state index in [0.29, 0.717) is 23.7 Å². The van der Waals surface area contributed by atoms with Crippen molar-refractivity contribution in [1.82, 2.24) is 0 Å². The molecular formula is C29H44. The average Bonchev–Trinajstić information content (AvgIpc) is 2.57. The number of rotatable bonds is 10. The molecule has 0 spiro atoms. The Morgan fingerprint density at radius 1 is 0.448 bits per heavy atom. The molecule has 0 aliphatic carbocycles. The van der Waals surface area contributed by atoms with Crippen LogP contribution in [-0.2, 0) is 32.1 Å². The Kier molecular flexibility index (Phi) is 9.00. The standard InChI is InChI=1S/C29H44/c1-20(2)13-24-9-11-26(28(17-24)15-22(5)6)19-27-12-10-25(14-21(3)4)18-29(27)16-23(7)8/h9-12,17-18,20-23H,13-16,19H2,1-8H3. The molecule has 29 heavy (non-hydrogen) atoms. The van der Waals surface area contributed by atoms with Crippen molar-refractivity contribution in [3.63, 3.8) is 0 Å². The van der Waals surface area contributed by atoms with Gasteiger partial charge >= 0.3 is 0 Å². The largest absolute Gasteiger partial charge is 0.0625 e. The third kappa shape index (κ3) is 8.00. The summed E-state index contributed by atoms with van der Waals surface area (Å²) in [6.45, 7) is 18.6. The maximum absolute atomic E-state index is 2.49. The van der Waals surface area contributed by atoms with E-state index in [1.54, 1.807) is 11.1 Å². The van der Waals surface area contributed by atoms with Gasteiger partial charge < -0.3 is 0 Å². The normalized spacial score (nSPS) is 12.0. The topological polar surface area (TPSA) is 0 Å². The maximum atomic E-state index is 2.49. The lowest BCUT2D eigenvalue weighted by Crippen LogP contribution is -2.06. The van der Waals surface area contributed by atoms with E-state index in [2.05, 4.69) is 91.8 Å². The average molecular weight is 393 g/mol. The van der Waals surface area contributed by atoms with Gasteiger partial charge in [0.05, 0.1) is 0 Å². The molecular weight excluding hydrogens is 348 g/mol. The van der Waals surface area contributed by atoms with Gasteiger partial charge in [-0.05, 0) is 89.2 Å². The second-order valence-electron chi connectivity index (χ2n) is 10.8. The van der Waals surface area contributed by atoms with Crippen molar-refractivity contribution in [3.8, 4) is 0 Å². The maximum Gasteiger partial charge on any atom is -0.00203 e. The first-order valence-electron chi connectivity index (χ1n) is 11.8. The van der Waals surface area contributed by atoms with Crippen molar-refractivity contribution in [3.05, 3.63) is 69.8 Å². The Balaban J connectivity index is 2.37. The summed E-state index contributed by atoms with van der Waals surface area (Å²) in [6, 6.07) is 14.5. The molecule has 0 unspecified atom stereocenters. The first kappa shape index (κ1) is 23.7. The molecule has 0 saturated carbocycles. The minimum Gasteiger partial charge on any atom is -0.0625 e. The summed E-state index contributed by atoms with van der Waals surface area (Å²) in [4.78, 5) is 0. The smallest absolute Gasteiger partial charge is 0.00203 e. The van der Waals surface area contributed by atoms with E-state index in [9.17, 15) is 0 Å². The Labute approximate surface area is 181 Å². The fourth-order valence-corrected chi connectivity index (χ4v) is 4.37. The van der Waals surface area contributed by atoms with Gasteiger partial charge in [-0.2, -0.15) is 0 Å². The van der Waals surface area contributed by atoms with Crippen LogP contribution in [0.15, 0.2) is 36.4 Å². The molecule has 0 bridgehead atoms. The summed E-state index contributed by atoms with van der Waals surface area (Å²) in [6.07, 6.45) is 5.76. The van der Waals surface area contributed by atoms with Crippen molar-refractivity contribution in [2.75, 3.05) is 0 Å². The van der Waals surface area contributed by atoms with E-state index in [4.69, 9.17) is 0 Å². The van der Waals surface area contributed by atoms with Crippen molar-refractivity contribution in [1.29, 1.82) is 0 Å². The van der Waals surface area contributed by atoms with Crippen LogP contribution in [0.3, 0.4) is 0 Å². The zero-order valence-electron chi connectivity index (χ0n) is 20.3. The molecule has 160 valence electrons. The third-order valence-electron chi connectivity index (χ3n) is 5.47. The summed E-state index contributed by atoms with van der Waals surface area (Å²) in [5.41, 5.74) is 9.14. The third-order valence-corrected chi connectivity index (χ3v) is 5.47. The highest BCUT2D eigenvalue weighted by Gasteiger charge is 2.12. The first-order chi connectivity index (χ1) is 13.6. The summed E-state index contributed by atoms with van der Waals surface area (Å²) in [5, 5.41) is 0. The summed E-state index contributed by atoms with van der Waals surface area (Å²) in [5.74, 6) is 2.79. The van der Waals surface area contributed by atoms with Crippen LogP contribution >= 0.6 is 0 Å². The monoisotopic (exact) mass is 392 g/mol. The molecule has 0 aromatic heterocycles. The van der Waals surface area contributed by atoms with Crippen LogP contribution in [0.1, 0.15) is 88.8 Å². The van der Waals surface area contributed by atoms with Gasteiger partial charge in [0.2, 0.25) is 0 Å². The van der Waals surface area contributed by atoms with Crippen molar-refractivity contribution in [2.24, 2.45) is 23.7 Å². The lowest BCUT2D eigenvalue weighted by Gasteiger charge is -2.18. The van der Waals surface area contributed by atoms with Crippen LogP contribution in [0.25, 0.3) is 0 Å². The van der Waals surface area contributed by atoms with E-state index in [1.807, 2.05) is 0 Å².